The molecule has 2 aromatic rings. The van der Waals surface area contributed by atoms with Crippen molar-refractivity contribution in [2.75, 3.05) is 19.0 Å². The molecule has 116 valence electrons. The van der Waals surface area contributed by atoms with Crippen LogP contribution < -0.4 is 10.1 Å². The second-order valence-electron chi connectivity index (χ2n) is 5.23. The minimum absolute atomic E-state index is 0.0383. The molecule has 1 saturated heterocycles. The third-order valence-electron chi connectivity index (χ3n) is 3.70. The molecule has 22 heavy (non-hydrogen) atoms. The molecule has 0 aromatic carbocycles. The number of rotatable bonds is 3. The van der Waals surface area contributed by atoms with E-state index in [1.807, 2.05) is 13.0 Å². The summed E-state index contributed by atoms with van der Waals surface area (Å²) < 4.78 is 10.1. The number of nitrogens with zero attached hydrogens (tertiary/aromatic N) is 3. The minimum atomic E-state index is -0.157. The largest absolute Gasteiger partial charge is 0.481 e. The topological polar surface area (TPSA) is 80.5 Å². The highest BCUT2D eigenvalue weighted by molar-refractivity contribution is 5.89. The minimum Gasteiger partial charge on any atom is -0.481 e. The van der Waals surface area contributed by atoms with Crippen molar-refractivity contribution in [3.05, 3.63) is 35.9 Å². The van der Waals surface area contributed by atoms with Gasteiger partial charge in [0.05, 0.1) is 25.0 Å². The summed E-state index contributed by atoms with van der Waals surface area (Å²) in [6.45, 7) is 2.55. The zero-order valence-electron chi connectivity index (χ0n) is 12.6. The summed E-state index contributed by atoms with van der Waals surface area (Å²) in [6, 6.07) is 5.15. The number of hydrogen-bond acceptors (Lipinski definition) is 5. The van der Waals surface area contributed by atoms with Crippen LogP contribution >= 0.6 is 0 Å². The number of likely N-dealkylation sites (tertiary alicyclic amines) is 1. The van der Waals surface area contributed by atoms with Crippen LogP contribution in [0.2, 0.25) is 0 Å². The number of hydrogen-bond donors (Lipinski definition) is 1. The second-order valence-corrected chi connectivity index (χ2v) is 5.23. The van der Waals surface area contributed by atoms with Crippen LogP contribution in [0.3, 0.4) is 0 Å². The molecule has 7 nitrogen and oxygen atoms in total. The Kier molecular flexibility index (Phi) is 3.95. The lowest BCUT2D eigenvalue weighted by Gasteiger charge is -2.23. The van der Waals surface area contributed by atoms with E-state index in [1.54, 1.807) is 30.3 Å². The Morgan fingerprint density at radius 1 is 1.50 bits per heavy atom. The SMILES string of the molecule is COc1ccc(NC(=O)N2CCC[C@@H]2c2cc(C)on2)cn1. The predicted molar refractivity (Wildman–Crippen MR) is 79.7 cm³/mol. The van der Waals surface area contributed by atoms with Gasteiger partial charge in [-0.2, -0.15) is 0 Å². The van der Waals surface area contributed by atoms with E-state index in [0.717, 1.165) is 24.3 Å². The molecule has 0 saturated carbocycles. The molecular weight excluding hydrogens is 284 g/mol. The summed E-state index contributed by atoms with van der Waals surface area (Å²) in [5.74, 6) is 1.26. The van der Waals surface area contributed by atoms with E-state index in [4.69, 9.17) is 9.26 Å². The van der Waals surface area contributed by atoms with E-state index in [-0.39, 0.29) is 12.1 Å². The average Bonchev–Trinajstić information content (AvgIpc) is 3.16. The van der Waals surface area contributed by atoms with Gasteiger partial charge in [-0.15, -0.1) is 0 Å². The van der Waals surface area contributed by atoms with E-state index < -0.39 is 0 Å². The first kappa shape index (κ1) is 14.4. The fourth-order valence-electron chi connectivity index (χ4n) is 2.63. The molecule has 0 aliphatic carbocycles. The number of ether oxygens (including phenoxy) is 1. The van der Waals surface area contributed by atoms with Gasteiger partial charge in [0.1, 0.15) is 11.5 Å². The average molecular weight is 302 g/mol. The van der Waals surface area contributed by atoms with Gasteiger partial charge in [0.15, 0.2) is 0 Å². The third-order valence-corrected chi connectivity index (χ3v) is 3.70. The highest BCUT2D eigenvalue weighted by atomic mass is 16.5. The van der Waals surface area contributed by atoms with Crippen LogP contribution in [0, 0.1) is 6.92 Å². The van der Waals surface area contributed by atoms with Crippen molar-refractivity contribution in [1.29, 1.82) is 0 Å². The van der Waals surface area contributed by atoms with Crippen molar-refractivity contribution >= 4 is 11.7 Å². The number of pyridine rings is 1. The highest BCUT2D eigenvalue weighted by Gasteiger charge is 2.32. The number of nitrogens with one attached hydrogen (secondary N) is 1. The first-order valence-electron chi connectivity index (χ1n) is 7.18. The van der Waals surface area contributed by atoms with Gasteiger partial charge in [0.25, 0.3) is 0 Å². The third kappa shape index (κ3) is 2.88. The van der Waals surface area contributed by atoms with Crippen LogP contribution in [0.5, 0.6) is 5.88 Å². The van der Waals surface area contributed by atoms with Crippen LogP contribution in [0.1, 0.15) is 30.3 Å². The molecule has 3 heterocycles. The summed E-state index contributed by atoms with van der Waals surface area (Å²) in [4.78, 5) is 18.3. The summed E-state index contributed by atoms with van der Waals surface area (Å²) in [5, 5.41) is 6.89. The summed E-state index contributed by atoms with van der Waals surface area (Å²) >= 11 is 0. The molecule has 0 radical (unpaired) electrons. The Hall–Kier alpha value is -2.57. The lowest BCUT2D eigenvalue weighted by atomic mass is 10.1. The molecule has 0 unspecified atom stereocenters. The van der Waals surface area contributed by atoms with Crippen molar-refractivity contribution in [3.8, 4) is 5.88 Å². The van der Waals surface area contributed by atoms with Crippen LogP contribution in [-0.4, -0.2) is 34.7 Å². The first-order chi connectivity index (χ1) is 10.7. The van der Waals surface area contributed by atoms with Crippen LogP contribution in [0.15, 0.2) is 28.9 Å². The maximum absolute atomic E-state index is 12.5. The lowest BCUT2D eigenvalue weighted by molar-refractivity contribution is 0.204. The molecule has 2 aromatic heterocycles. The number of carbonyl (C=O) groups excluding carboxylic acids is 1. The molecule has 1 aliphatic rings. The number of carbonyl (C=O) groups is 1. The van der Waals surface area contributed by atoms with Crippen molar-refractivity contribution in [2.24, 2.45) is 0 Å². The van der Waals surface area contributed by atoms with E-state index in [1.165, 1.54) is 0 Å². The Morgan fingerprint density at radius 2 is 2.36 bits per heavy atom. The highest BCUT2D eigenvalue weighted by Crippen LogP contribution is 2.32. The van der Waals surface area contributed by atoms with Crippen LogP contribution in [-0.2, 0) is 0 Å². The Morgan fingerprint density at radius 3 is 3.00 bits per heavy atom. The molecule has 1 N–H and O–H groups in total. The number of anilines is 1. The number of urea groups is 1. The van der Waals surface area contributed by atoms with Crippen molar-refractivity contribution in [3.63, 3.8) is 0 Å². The molecule has 0 spiro atoms. The number of methoxy groups -OCH3 is 1. The quantitative estimate of drug-likeness (QED) is 0.943. The van der Waals surface area contributed by atoms with E-state index in [0.29, 0.717) is 18.1 Å². The molecule has 1 atom stereocenters. The van der Waals surface area contributed by atoms with Gasteiger partial charge in [0.2, 0.25) is 5.88 Å². The normalized spacial score (nSPS) is 17.5. The van der Waals surface area contributed by atoms with Gasteiger partial charge in [0, 0.05) is 18.7 Å². The first-order valence-corrected chi connectivity index (χ1v) is 7.18. The van der Waals surface area contributed by atoms with Crippen LogP contribution in [0.25, 0.3) is 0 Å². The fourth-order valence-corrected chi connectivity index (χ4v) is 2.63. The Labute approximate surface area is 128 Å². The van der Waals surface area contributed by atoms with Crippen molar-refractivity contribution in [2.45, 2.75) is 25.8 Å². The van der Waals surface area contributed by atoms with Crippen molar-refractivity contribution < 1.29 is 14.1 Å². The molecule has 0 bridgehead atoms. The standard InChI is InChI=1S/C15H18N4O3/c1-10-8-12(18-22-10)13-4-3-7-19(13)15(20)17-11-5-6-14(21-2)16-9-11/h5-6,8-9,13H,3-4,7H2,1-2H3,(H,17,20)/t13-/m1/s1. The van der Waals surface area contributed by atoms with Gasteiger partial charge >= 0.3 is 6.03 Å². The van der Waals surface area contributed by atoms with E-state index >= 15 is 0 Å². The zero-order chi connectivity index (χ0) is 15.5. The number of amides is 2. The molecule has 3 rings (SSSR count). The number of aryl methyl sites for hydroxylation is 1. The molecule has 2 amide bonds. The number of aromatic nitrogens is 2. The monoisotopic (exact) mass is 302 g/mol. The lowest BCUT2D eigenvalue weighted by Crippen LogP contribution is -2.34. The molecule has 1 aliphatic heterocycles. The zero-order valence-corrected chi connectivity index (χ0v) is 12.6. The summed E-state index contributed by atoms with van der Waals surface area (Å²) in [6.07, 6.45) is 3.41. The van der Waals surface area contributed by atoms with Gasteiger partial charge < -0.3 is 19.5 Å². The summed E-state index contributed by atoms with van der Waals surface area (Å²) in [7, 11) is 1.55. The maximum Gasteiger partial charge on any atom is 0.322 e. The van der Waals surface area contributed by atoms with E-state index in [9.17, 15) is 4.79 Å². The Balaban J connectivity index is 1.70. The smallest absolute Gasteiger partial charge is 0.322 e. The van der Waals surface area contributed by atoms with Gasteiger partial charge in [-0.1, -0.05) is 5.16 Å². The maximum atomic E-state index is 12.5. The summed E-state index contributed by atoms with van der Waals surface area (Å²) in [5.41, 5.74) is 1.44. The second kappa shape index (κ2) is 6.05. The molecular formula is C15H18N4O3. The predicted octanol–water partition coefficient (Wildman–Crippen LogP) is 2.76. The van der Waals surface area contributed by atoms with Gasteiger partial charge in [-0.3, -0.25) is 0 Å². The van der Waals surface area contributed by atoms with E-state index in [2.05, 4.69) is 15.5 Å². The Bertz CT molecular complexity index is 653. The van der Waals surface area contributed by atoms with Crippen molar-refractivity contribution in [1.82, 2.24) is 15.0 Å². The van der Waals surface area contributed by atoms with Crippen LogP contribution in [0.4, 0.5) is 10.5 Å². The van der Waals surface area contributed by atoms with Gasteiger partial charge in [-0.25, -0.2) is 9.78 Å². The molecule has 7 heteroatoms. The molecule has 1 fully saturated rings. The van der Waals surface area contributed by atoms with Gasteiger partial charge in [-0.05, 0) is 25.8 Å². The fraction of sp³-hybridized carbons (Fsp3) is 0.400.